The van der Waals surface area contributed by atoms with E-state index < -0.39 is 0 Å². The minimum atomic E-state index is -0.246. The number of carbonyl (C=O) groups is 1. The van der Waals surface area contributed by atoms with Crippen molar-refractivity contribution in [1.82, 2.24) is 0 Å². The number of unbranched alkanes of at least 4 members (excludes halogenated alkanes) is 2. The fraction of sp³-hybridized carbons (Fsp3) is 0.625. The third kappa shape index (κ3) is 7.52. The molecule has 0 spiro atoms. The van der Waals surface area contributed by atoms with E-state index in [0.717, 1.165) is 19.3 Å². The smallest absolute Gasteiger partial charge is 0.221 e. The monoisotopic (exact) mass is 158 g/mol. The van der Waals surface area contributed by atoms with Crippen molar-refractivity contribution in [3.8, 4) is 11.8 Å². The van der Waals surface area contributed by atoms with Gasteiger partial charge in [0.2, 0.25) is 5.24 Å². The van der Waals surface area contributed by atoms with Crippen molar-refractivity contribution in [1.29, 1.82) is 0 Å². The zero-order valence-electron chi connectivity index (χ0n) is 6.11. The quantitative estimate of drug-likeness (QED) is 0.349. The van der Waals surface area contributed by atoms with Crippen LogP contribution < -0.4 is 0 Å². The van der Waals surface area contributed by atoms with E-state index in [9.17, 15) is 4.79 Å². The van der Waals surface area contributed by atoms with Crippen LogP contribution >= 0.6 is 11.6 Å². The first kappa shape index (κ1) is 9.52. The number of hydrogen-bond acceptors (Lipinski definition) is 1. The van der Waals surface area contributed by atoms with Crippen LogP contribution in [0.3, 0.4) is 0 Å². The summed E-state index contributed by atoms with van der Waals surface area (Å²) in [6.45, 7) is 1.81. The largest absolute Gasteiger partial charge is 0.281 e. The molecule has 0 saturated carbocycles. The van der Waals surface area contributed by atoms with Gasteiger partial charge in [0.05, 0.1) is 0 Å². The second-order valence-electron chi connectivity index (χ2n) is 1.99. The molecule has 0 amide bonds. The van der Waals surface area contributed by atoms with Crippen molar-refractivity contribution < 1.29 is 4.79 Å². The Morgan fingerprint density at radius 2 is 2.20 bits per heavy atom. The molecule has 0 aromatic carbocycles. The highest BCUT2D eigenvalue weighted by Crippen LogP contribution is 2.00. The summed E-state index contributed by atoms with van der Waals surface area (Å²) in [5.74, 6) is 5.71. The highest BCUT2D eigenvalue weighted by Gasteiger charge is 1.93. The zero-order valence-corrected chi connectivity index (χ0v) is 6.87. The molecule has 0 heterocycles. The Hall–Kier alpha value is -0.480. The third-order valence-corrected chi connectivity index (χ3v) is 1.29. The molecule has 0 aliphatic heterocycles. The van der Waals surface area contributed by atoms with Gasteiger partial charge in [-0.1, -0.05) is 0 Å². The molecule has 2 heteroatoms. The van der Waals surface area contributed by atoms with Crippen LogP contribution in [0, 0.1) is 11.8 Å². The van der Waals surface area contributed by atoms with E-state index in [4.69, 9.17) is 11.6 Å². The summed E-state index contributed by atoms with van der Waals surface area (Å²) >= 11 is 5.12. The minimum Gasteiger partial charge on any atom is -0.281 e. The van der Waals surface area contributed by atoms with Crippen LogP contribution in [0.15, 0.2) is 0 Å². The average Bonchev–Trinajstić information content (AvgIpc) is 1.87. The standard InChI is InChI=1S/C8H11ClO/c1-2-3-4-5-6-7-8(9)10/h4-7H2,1H3. The maximum Gasteiger partial charge on any atom is 0.221 e. The first-order chi connectivity index (χ1) is 4.77. The van der Waals surface area contributed by atoms with Gasteiger partial charge in [0, 0.05) is 12.8 Å². The van der Waals surface area contributed by atoms with Crippen LogP contribution in [0.1, 0.15) is 32.6 Å². The molecule has 0 atom stereocenters. The molecule has 0 aliphatic rings. The van der Waals surface area contributed by atoms with Crippen LogP contribution in [0.4, 0.5) is 0 Å². The molecular weight excluding hydrogens is 148 g/mol. The van der Waals surface area contributed by atoms with Gasteiger partial charge in [0.15, 0.2) is 0 Å². The predicted molar refractivity (Wildman–Crippen MR) is 42.8 cm³/mol. The van der Waals surface area contributed by atoms with Crippen LogP contribution in [0.2, 0.25) is 0 Å². The first-order valence-corrected chi connectivity index (χ1v) is 3.73. The average molecular weight is 159 g/mol. The normalized spacial score (nSPS) is 8.20. The summed E-state index contributed by atoms with van der Waals surface area (Å²) in [4.78, 5) is 10.2. The summed E-state index contributed by atoms with van der Waals surface area (Å²) in [5, 5.41) is -0.246. The maximum atomic E-state index is 10.2. The van der Waals surface area contributed by atoms with Gasteiger partial charge in [-0.05, 0) is 31.4 Å². The molecule has 0 saturated heterocycles. The summed E-state index contributed by atoms with van der Waals surface area (Å²) in [6.07, 6.45) is 3.18. The SMILES string of the molecule is CC#CCCCCC(=O)Cl. The van der Waals surface area contributed by atoms with Gasteiger partial charge < -0.3 is 0 Å². The summed E-state index contributed by atoms with van der Waals surface area (Å²) in [6, 6.07) is 0. The molecular formula is C8H11ClO. The van der Waals surface area contributed by atoms with E-state index in [-0.39, 0.29) is 5.24 Å². The molecule has 0 aromatic rings. The van der Waals surface area contributed by atoms with Crippen LogP contribution in [-0.2, 0) is 4.79 Å². The number of hydrogen-bond donors (Lipinski definition) is 0. The van der Waals surface area contributed by atoms with Gasteiger partial charge >= 0.3 is 0 Å². The molecule has 0 radical (unpaired) electrons. The van der Waals surface area contributed by atoms with E-state index in [0.29, 0.717) is 6.42 Å². The van der Waals surface area contributed by atoms with E-state index in [1.807, 2.05) is 6.92 Å². The predicted octanol–water partition coefficient (Wildman–Crippen LogP) is 2.34. The topological polar surface area (TPSA) is 17.1 Å². The second kappa shape index (κ2) is 6.64. The van der Waals surface area contributed by atoms with Crippen molar-refractivity contribution in [2.24, 2.45) is 0 Å². The number of carbonyl (C=O) groups excluding carboxylic acids is 1. The Balaban J connectivity index is 3.03. The van der Waals surface area contributed by atoms with E-state index >= 15 is 0 Å². The molecule has 0 aromatic heterocycles. The third-order valence-electron chi connectivity index (χ3n) is 1.10. The van der Waals surface area contributed by atoms with Crippen LogP contribution in [0.5, 0.6) is 0 Å². The van der Waals surface area contributed by atoms with Crippen LogP contribution in [0.25, 0.3) is 0 Å². The fourth-order valence-corrected chi connectivity index (χ4v) is 0.736. The fourth-order valence-electron chi connectivity index (χ4n) is 0.602. The van der Waals surface area contributed by atoms with Crippen molar-refractivity contribution in [3.63, 3.8) is 0 Å². The van der Waals surface area contributed by atoms with E-state index in [1.54, 1.807) is 0 Å². The molecule has 10 heavy (non-hydrogen) atoms. The van der Waals surface area contributed by atoms with Gasteiger partial charge in [0.25, 0.3) is 0 Å². The van der Waals surface area contributed by atoms with Gasteiger partial charge in [-0.2, -0.15) is 0 Å². The molecule has 0 fully saturated rings. The van der Waals surface area contributed by atoms with Gasteiger partial charge in [-0.15, -0.1) is 11.8 Å². The van der Waals surface area contributed by atoms with Gasteiger partial charge in [-0.3, -0.25) is 4.79 Å². The lowest BCUT2D eigenvalue weighted by Crippen LogP contribution is -1.84. The van der Waals surface area contributed by atoms with Crippen molar-refractivity contribution >= 4 is 16.8 Å². The van der Waals surface area contributed by atoms with Gasteiger partial charge in [0.1, 0.15) is 0 Å². The minimum absolute atomic E-state index is 0.246. The molecule has 0 rings (SSSR count). The highest BCUT2D eigenvalue weighted by atomic mass is 35.5. The van der Waals surface area contributed by atoms with Crippen molar-refractivity contribution in [2.75, 3.05) is 0 Å². The molecule has 0 aliphatic carbocycles. The second-order valence-corrected chi connectivity index (χ2v) is 2.41. The lowest BCUT2D eigenvalue weighted by Gasteiger charge is -1.89. The van der Waals surface area contributed by atoms with Crippen molar-refractivity contribution in [3.05, 3.63) is 0 Å². The zero-order chi connectivity index (χ0) is 7.82. The Morgan fingerprint density at radius 3 is 2.70 bits per heavy atom. The van der Waals surface area contributed by atoms with Gasteiger partial charge in [-0.25, -0.2) is 0 Å². The molecule has 56 valence electrons. The molecule has 0 N–H and O–H groups in total. The summed E-state index contributed by atoms with van der Waals surface area (Å²) < 4.78 is 0. The Kier molecular flexibility index (Phi) is 6.32. The molecule has 0 bridgehead atoms. The van der Waals surface area contributed by atoms with Crippen molar-refractivity contribution in [2.45, 2.75) is 32.6 Å². The Bertz CT molecular complexity index is 152. The lowest BCUT2D eigenvalue weighted by atomic mass is 10.2. The molecule has 1 nitrogen and oxygen atoms in total. The lowest BCUT2D eigenvalue weighted by molar-refractivity contribution is -0.111. The first-order valence-electron chi connectivity index (χ1n) is 3.35. The van der Waals surface area contributed by atoms with Crippen LogP contribution in [-0.4, -0.2) is 5.24 Å². The maximum absolute atomic E-state index is 10.2. The number of rotatable bonds is 4. The summed E-state index contributed by atoms with van der Waals surface area (Å²) in [7, 11) is 0. The highest BCUT2D eigenvalue weighted by molar-refractivity contribution is 6.63. The Morgan fingerprint density at radius 1 is 1.50 bits per heavy atom. The summed E-state index contributed by atoms with van der Waals surface area (Å²) in [5.41, 5.74) is 0. The number of halogens is 1. The van der Waals surface area contributed by atoms with E-state index in [1.165, 1.54) is 0 Å². The van der Waals surface area contributed by atoms with E-state index in [2.05, 4.69) is 11.8 Å². The Labute approximate surface area is 66.8 Å². The molecule has 0 unspecified atom stereocenters.